The van der Waals surface area contributed by atoms with Crippen LogP contribution in [0.4, 0.5) is 5.69 Å². The van der Waals surface area contributed by atoms with Gasteiger partial charge in [0.2, 0.25) is 5.91 Å². The summed E-state index contributed by atoms with van der Waals surface area (Å²) >= 11 is 1.30. The van der Waals surface area contributed by atoms with E-state index in [0.717, 1.165) is 30.0 Å². The average Bonchev–Trinajstić information content (AvgIpc) is 3.29. The first-order valence-corrected chi connectivity index (χ1v) is 13.0. The van der Waals surface area contributed by atoms with Gasteiger partial charge >= 0.3 is 5.69 Å². The van der Waals surface area contributed by atoms with Gasteiger partial charge in [0.05, 0.1) is 12.4 Å². The smallest absolute Gasteiger partial charge is 0.325 e. The molecule has 0 bridgehead atoms. The van der Waals surface area contributed by atoms with Crippen LogP contribution in [0.25, 0.3) is 5.69 Å². The van der Waals surface area contributed by atoms with Crippen LogP contribution in [0.2, 0.25) is 0 Å². The van der Waals surface area contributed by atoms with Crippen LogP contribution in [-0.2, 0) is 17.6 Å². The van der Waals surface area contributed by atoms with Crippen LogP contribution in [-0.4, -0.2) is 49.5 Å². The Morgan fingerprint density at radius 2 is 1.89 bits per heavy atom. The SMILES string of the molecule is CCOc1ccc(-n2c(Cc3cc(=O)[nH]c(=O)[nH]3)nnc2SCC(=O)N2CCCc3ccccc32)cc1. The third-order valence-corrected chi connectivity index (χ3v) is 6.92. The number of aromatic amines is 2. The molecule has 0 saturated heterocycles. The third kappa shape index (κ3) is 5.51. The Morgan fingerprint density at radius 1 is 1.08 bits per heavy atom. The van der Waals surface area contributed by atoms with Crippen LogP contribution < -0.4 is 20.9 Å². The van der Waals surface area contributed by atoms with Gasteiger partial charge in [-0.05, 0) is 55.7 Å². The fourth-order valence-corrected chi connectivity index (χ4v) is 5.25. The molecule has 11 heteroatoms. The Morgan fingerprint density at radius 3 is 2.68 bits per heavy atom. The van der Waals surface area contributed by atoms with Crippen molar-refractivity contribution in [3.8, 4) is 11.4 Å². The zero-order valence-electron chi connectivity index (χ0n) is 20.3. The Balaban J connectivity index is 1.43. The Labute approximate surface area is 216 Å². The van der Waals surface area contributed by atoms with Crippen molar-refractivity contribution in [3.63, 3.8) is 0 Å². The summed E-state index contributed by atoms with van der Waals surface area (Å²) in [5, 5.41) is 9.22. The molecule has 2 aromatic carbocycles. The van der Waals surface area contributed by atoms with Crippen LogP contribution in [0.15, 0.2) is 69.3 Å². The van der Waals surface area contributed by atoms with Crippen molar-refractivity contribution in [1.29, 1.82) is 0 Å². The van der Waals surface area contributed by atoms with Gasteiger partial charge in [-0.15, -0.1) is 10.2 Å². The number of para-hydroxylation sites is 1. The average molecular weight is 519 g/mol. The lowest BCUT2D eigenvalue weighted by Gasteiger charge is -2.29. The van der Waals surface area contributed by atoms with Gasteiger partial charge in [0.15, 0.2) is 5.16 Å². The van der Waals surface area contributed by atoms with Gasteiger partial charge in [0.25, 0.3) is 5.56 Å². The fourth-order valence-electron chi connectivity index (χ4n) is 4.41. The number of thioether (sulfide) groups is 1. The highest BCUT2D eigenvalue weighted by molar-refractivity contribution is 7.99. The van der Waals surface area contributed by atoms with Gasteiger partial charge in [-0.1, -0.05) is 30.0 Å². The molecule has 1 aliphatic heterocycles. The van der Waals surface area contributed by atoms with Crippen LogP contribution in [0.3, 0.4) is 0 Å². The number of aryl methyl sites for hydroxylation is 1. The number of fused-ring (bicyclic) bond motifs is 1. The predicted octanol–water partition coefficient (Wildman–Crippen LogP) is 2.70. The van der Waals surface area contributed by atoms with E-state index >= 15 is 0 Å². The Hall–Kier alpha value is -4.12. The zero-order chi connectivity index (χ0) is 25.8. The van der Waals surface area contributed by atoms with Gasteiger partial charge in [-0.25, -0.2) is 4.79 Å². The predicted molar refractivity (Wildman–Crippen MR) is 141 cm³/mol. The molecule has 190 valence electrons. The molecule has 2 N–H and O–H groups in total. The van der Waals surface area contributed by atoms with E-state index < -0.39 is 11.2 Å². The molecule has 0 fully saturated rings. The quantitative estimate of drug-likeness (QED) is 0.344. The number of amides is 1. The number of H-pyrrole nitrogens is 2. The van der Waals surface area contributed by atoms with Crippen molar-refractivity contribution in [2.75, 3.05) is 23.8 Å². The summed E-state index contributed by atoms with van der Waals surface area (Å²) in [5.74, 6) is 1.43. The molecule has 0 atom stereocenters. The minimum absolute atomic E-state index is 0.00105. The Kier molecular flexibility index (Phi) is 7.22. The molecule has 2 aromatic heterocycles. The van der Waals surface area contributed by atoms with E-state index in [-0.39, 0.29) is 18.1 Å². The topological polar surface area (TPSA) is 126 Å². The standard InChI is InChI=1S/C26H26N6O4S/c1-2-36-20-11-9-19(10-12-20)32-22(14-18-15-23(33)28-25(35)27-18)29-30-26(32)37-16-24(34)31-13-5-7-17-6-3-4-8-21(17)31/h3-4,6,8-12,15H,2,5,7,13-14,16H2,1H3,(H2,27,28,33,35). The van der Waals surface area contributed by atoms with Crippen molar-refractivity contribution in [2.24, 2.45) is 0 Å². The Bertz CT molecular complexity index is 1500. The lowest BCUT2D eigenvalue weighted by Crippen LogP contribution is -2.36. The molecule has 10 nitrogen and oxygen atoms in total. The summed E-state index contributed by atoms with van der Waals surface area (Å²) in [5.41, 5.74) is 2.24. The number of carbonyl (C=O) groups excluding carboxylic acids is 1. The number of carbonyl (C=O) groups is 1. The molecule has 5 rings (SSSR count). The number of benzene rings is 2. The monoisotopic (exact) mass is 518 g/mol. The number of nitrogens with zero attached hydrogens (tertiary/aromatic N) is 4. The molecule has 1 amide bonds. The number of rotatable bonds is 8. The second-order valence-electron chi connectivity index (χ2n) is 8.52. The zero-order valence-corrected chi connectivity index (χ0v) is 21.1. The number of nitrogens with one attached hydrogen (secondary N) is 2. The fraction of sp³-hybridized carbons (Fsp3) is 0.269. The minimum Gasteiger partial charge on any atom is -0.494 e. The molecule has 0 saturated carbocycles. The number of anilines is 1. The van der Waals surface area contributed by atoms with Crippen LogP contribution >= 0.6 is 11.8 Å². The first-order valence-electron chi connectivity index (χ1n) is 12.0. The maximum absolute atomic E-state index is 13.2. The van der Waals surface area contributed by atoms with Gasteiger partial charge in [0, 0.05) is 36.1 Å². The van der Waals surface area contributed by atoms with Crippen LogP contribution in [0.5, 0.6) is 5.75 Å². The molecule has 3 heterocycles. The highest BCUT2D eigenvalue weighted by atomic mass is 32.2. The van der Waals surface area contributed by atoms with Gasteiger partial charge < -0.3 is 14.6 Å². The molecule has 0 unspecified atom stereocenters. The van der Waals surface area contributed by atoms with Crippen molar-refractivity contribution in [2.45, 2.75) is 31.3 Å². The van der Waals surface area contributed by atoms with E-state index in [2.05, 4.69) is 26.2 Å². The summed E-state index contributed by atoms with van der Waals surface area (Å²) in [6, 6.07) is 16.8. The summed E-state index contributed by atoms with van der Waals surface area (Å²) in [6.07, 6.45) is 2.06. The number of hydrogen-bond acceptors (Lipinski definition) is 7. The van der Waals surface area contributed by atoms with Crippen molar-refractivity contribution < 1.29 is 9.53 Å². The summed E-state index contributed by atoms with van der Waals surface area (Å²) in [4.78, 5) is 43.4. The molecule has 1 aliphatic rings. The van der Waals surface area contributed by atoms with Crippen LogP contribution in [0.1, 0.15) is 30.4 Å². The lowest BCUT2D eigenvalue weighted by atomic mass is 10.0. The van der Waals surface area contributed by atoms with Gasteiger partial charge in [-0.3, -0.25) is 19.1 Å². The molecule has 4 aromatic rings. The second kappa shape index (κ2) is 10.9. The van der Waals surface area contributed by atoms with E-state index in [9.17, 15) is 14.4 Å². The van der Waals surface area contributed by atoms with E-state index in [0.29, 0.717) is 29.8 Å². The highest BCUT2D eigenvalue weighted by Crippen LogP contribution is 2.29. The first-order chi connectivity index (χ1) is 18.0. The van der Waals surface area contributed by atoms with E-state index in [1.54, 1.807) is 0 Å². The van der Waals surface area contributed by atoms with Gasteiger partial charge in [-0.2, -0.15) is 0 Å². The van der Waals surface area contributed by atoms with E-state index in [4.69, 9.17) is 4.74 Å². The number of hydrogen-bond donors (Lipinski definition) is 2. The minimum atomic E-state index is -0.586. The van der Waals surface area contributed by atoms with Crippen molar-refractivity contribution in [3.05, 3.63) is 92.5 Å². The molecule has 0 radical (unpaired) electrons. The lowest BCUT2D eigenvalue weighted by molar-refractivity contribution is -0.116. The molecule has 0 spiro atoms. The number of aromatic nitrogens is 5. The van der Waals surface area contributed by atoms with E-state index in [1.807, 2.05) is 58.9 Å². The highest BCUT2D eigenvalue weighted by Gasteiger charge is 2.24. The molecular formula is C26H26N6O4S. The summed E-state index contributed by atoms with van der Waals surface area (Å²) in [6.45, 7) is 3.15. The maximum Gasteiger partial charge on any atom is 0.325 e. The second-order valence-corrected chi connectivity index (χ2v) is 9.46. The van der Waals surface area contributed by atoms with Crippen molar-refractivity contribution >= 4 is 23.4 Å². The molecule has 0 aliphatic carbocycles. The molecular weight excluding hydrogens is 492 g/mol. The summed E-state index contributed by atoms with van der Waals surface area (Å²) in [7, 11) is 0. The normalized spacial score (nSPS) is 12.8. The van der Waals surface area contributed by atoms with Crippen molar-refractivity contribution in [1.82, 2.24) is 24.7 Å². The van der Waals surface area contributed by atoms with Crippen LogP contribution in [0, 0.1) is 0 Å². The number of ether oxygens (including phenoxy) is 1. The summed E-state index contributed by atoms with van der Waals surface area (Å²) < 4.78 is 7.39. The van der Waals surface area contributed by atoms with Gasteiger partial charge in [0.1, 0.15) is 11.6 Å². The third-order valence-electron chi connectivity index (χ3n) is 6.01. The maximum atomic E-state index is 13.2. The largest absolute Gasteiger partial charge is 0.494 e. The molecule has 37 heavy (non-hydrogen) atoms. The van der Waals surface area contributed by atoms with E-state index in [1.165, 1.54) is 23.4 Å². The first kappa shape index (κ1) is 24.6.